The molecule has 0 saturated heterocycles. The zero-order valence-electron chi connectivity index (χ0n) is 21.3. The van der Waals surface area contributed by atoms with E-state index in [0.717, 1.165) is 22.5 Å². The van der Waals surface area contributed by atoms with Crippen molar-refractivity contribution in [2.24, 2.45) is 0 Å². The molecule has 198 valence electrons. The molecule has 9 nitrogen and oxygen atoms in total. The van der Waals surface area contributed by atoms with E-state index in [0.29, 0.717) is 18.7 Å². The van der Waals surface area contributed by atoms with E-state index in [1.807, 2.05) is 6.92 Å². The van der Waals surface area contributed by atoms with Gasteiger partial charge in [-0.25, -0.2) is 8.42 Å². The van der Waals surface area contributed by atoms with Crippen LogP contribution in [0.3, 0.4) is 0 Å². The van der Waals surface area contributed by atoms with Crippen LogP contribution in [0.25, 0.3) is 0 Å². The SMILES string of the molecule is CCCNC(=O)[C@H](CC)N(Cc1ccc(OC)cc1)C(=O)CN(c1cc(Cl)ccc1OC)S(C)(=O)=O. The molecular formula is C25H34ClN3O6S. The molecule has 2 rings (SSSR count). The molecule has 1 atom stereocenters. The molecule has 0 aliphatic rings. The zero-order chi connectivity index (χ0) is 26.9. The van der Waals surface area contributed by atoms with Gasteiger partial charge in [0, 0.05) is 18.1 Å². The molecule has 0 saturated carbocycles. The molecule has 0 fully saturated rings. The number of methoxy groups -OCH3 is 2. The number of rotatable bonds is 13. The highest BCUT2D eigenvalue weighted by molar-refractivity contribution is 7.92. The Hall–Kier alpha value is -2.98. The van der Waals surface area contributed by atoms with Gasteiger partial charge in [0.2, 0.25) is 21.8 Å². The van der Waals surface area contributed by atoms with Gasteiger partial charge in [0.15, 0.2) is 0 Å². The Morgan fingerprint density at radius 2 is 1.72 bits per heavy atom. The van der Waals surface area contributed by atoms with Crippen LogP contribution >= 0.6 is 11.6 Å². The topological polar surface area (TPSA) is 105 Å². The van der Waals surface area contributed by atoms with Gasteiger partial charge in [0.1, 0.15) is 24.1 Å². The summed E-state index contributed by atoms with van der Waals surface area (Å²) in [4.78, 5) is 28.1. The minimum Gasteiger partial charge on any atom is -0.497 e. The van der Waals surface area contributed by atoms with Gasteiger partial charge < -0.3 is 19.7 Å². The van der Waals surface area contributed by atoms with Gasteiger partial charge >= 0.3 is 0 Å². The average molecular weight is 540 g/mol. The Bertz CT molecular complexity index is 1140. The molecule has 0 heterocycles. The average Bonchev–Trinajstić information content (AvgIpc) is 2.85. The molecule has 2 aromatic rings. The second-order valence-corrected chi connectivity index (χ2v) is 10.5. The number of hydrogen-bond acceptors (Lipinski definition) is 6. The van der Waals surface area contributed by atoms with Gasteiger partial charge in [0.05, 0.1) is 26.2 Å². The highest BCUT2D eigenvalue weighted by atomic mass is 35.5. The van der Waals surface area contributed by atoms with Crippen LogP contribution in [0.2, 0.25) is 5.02 Å². The van der Waals surface area contributed by atoms with Crippen molar-refractivity contribution in [2.75, 3.05) is 37.9 Å². The number of amides is 2. The molecule has 2 aromatic carbocycles. The van der Waals surface area contributed by atoms with Gasteiger partial charge in [-0.2, -0.15) is 0 Å². The molecule has 0 radical (unpaired) electrons. The Labute approximate surface area is 218 Å². The number of anilines is 1. The summed E-state index contributed by atoms with van der Waals surface area (Å²) in [6.45, 7) is 3.77. The van der Waals surface area contributed by atoms with E-state index >= 15 is 0 Å². The highest BCUT2D eigenvalue weighted by Gasteiger charge is 2.32. The number of nitrogens with one attached hydrogen (secondary N) is 1. The number of carbonyl (C=O) groups excluding carboxylic acids is 2. The summed E-state index contributed by atoms with van der Waals surface area (Å²) in [5.74, 6) is 0.0527. The van der Waals surface area contributed by atoms with Crippen LogP contribution in [0.5, 0.6) is 11.5 Å². The molecule has 1 N–H and O–H groups in total. The van der Waals surface area contributed by atoms with Crippen LogP contribution < -0.4 is 19.1 Å². The van der Waals surface area contributed by atoms with Gasteiger partial charge in [-0.3, -0.25) is 13.9 Å². The fourth-order valence-corrected chi connectivity index (χ4v) is 4.68. The first-order chi connectivity index (χ1) is 17.0. The molecule has 0 aliphatic carbocycles. The van der Waals surface area contributed by atoms with E-state index in [1.54, 1.807) is 44.4 Å². The van der Waals surface area contributed by atoms with E-state index in [4.69, 9.17) is 21.1 Å². The Kier molecular flexibility index (Phi) is 10.9. The number of ether oxygens (including phenoxy) is 2. The maximum atomic E-state index is 13.7. The number of hydrogen-bond donors (Lipinski definition) is 1. The molecule has 2 amide bonds. The summed E-state index contributed by atoms with van der Waals surface area (Å²) < 4.78 is 37.0. The quantitative estimate of drug-likeness (QED) is 0.418. The van der Waals surface area contributed by atoms with Crippen molar-refractivity contribution in [3.05, 3.63) is 53.1 Å². The van der Waals surface area contributed by atoms with Crippen LogP contribution in [-0.2, 0) is 26.2 Å². The fourth-order valence-electron chi connectivity index (χ4n) is 3.67. The zero-order valence-corrected chi connectivity index (χ0v) is 22.9. The van der Waals surface area contributed by atoms with Crippen molar-refractivity contribution in [1.82, 2.24) is 10.2 Å². The first-order valence-corrected chi connectivity index (χ1v) is 13.8. The maximum absolute atomic E-state index is 13.7. The summed E-state index contributed by atoms with van der Waals surface area (Å²) in [5.41, 5.74) is 0.894. The van der Waals surface area contributed by atoms with E-state index in [9.17, 15) is 18.0 Å². The minimum absolute atomic E-state index is 0.102. The van der Waals surface area contributed by atoms with Gasteiger partial charge in [-0.15, -0.1) is 0 Å². The van der Waals surface area contributed by atoms with Crippen molar-refractivity contribution in [1.29, 1.82) is 0 Å². The molecule has 0 unspecified atom stereocenters. The Balaban J connectivity index is 2.48. The molecular weight excluding hydrogens is 506 g/mol. The fraction of sp³-hybridized carbons (Fsp3) is 0.440. The second-order valence-electron chi connectivity index (χ2n) is 8.17. The number of halogens is 1. The lowest BCUT2D eigenvalue weighted by Gasteiger charge is -2.33. The molecule has 0 aromatic heterocycles. The van der Waals surface area contributed by atoms with Crippen LogP contribution in [-0.4, -0.2) is 64.7 Å². The third kappa shape index (κ3) is 7.76. The Morgan fingerprint density at radius 1 is 1.06 bits per heavy atom. The van der Waals surface area contributed by atoms with Gasteiger partial charge in [-0.1, -0.05) is 37.6 Å². The van der Waals surface area contributed by atoms with E-state index in [1.165, 1.54) is 24.1 Å². The van der Waals surface area contributed by atoms with E-state index in [2.05, 4.69) is 5.32 Å². The van der Waals surface area contributed by atoms with Crippen molar-refractivity contribution in [2.45, 2.75) is 39.3 Å². The second kappa shape index (κ2) is 13.4. The number of benzene rings is 2. The molecule has 0 bridgehead atoms. The largest absolute Gasteiger partial charge is 0.497 e. The van der Waals surface area contributed by atoms with Crippen molar-refractivity contribution < 1.29 is 27.5 Å². The van der Waals surface area contributed by atoms with Crippen LogP contribution in [0, 0.1) is 0 Å². The summed E-state index contributed by atoms with van der Waals surface area (Å²) in [6.07, 6.45) is 2.08. The van der Waals surface area contributed by atoms with E-state index < -0.39 is 28.5 Å². The molecule has 36 heavy (non-hydrogen) atoms. The van der Waals surface area contributed by atoms with Gasteiger partial charge in [0.25, 0.3) is 0 Å². The lowest BCUT2D eigenvalue weighted by Crippen LogP contribution is -2.52. The highest BCUT2D eigenvalue weighted by Crippen LogP contribution is 2.33. The molecule has 0 aliphatic heterocycles. The first-order valence-electron chi connectivity index (χ1n) is 11.6. The molecule has 0 spiro atoms. The predicted molar refractivity (Wildman–Crippen MR) is 141 cm³/mol. The van der Waals surface area contributed by atoms with Crippen molar-refractivity contribution >= 4 is 39.1 Å². The minimum atomic E-state index is -3.91. The maximum Gasteiger partial charge on any atom is 0.244 e. The first kappa shape index (κ1) is 29.3. The third-order valence-corrected chi connectivity index (χ3v) is 6.90. The lowest BCUT2D eigenvalue weighted by atomic mass is 10.1. The predicted octanol–water partition coefficient (Wildman–Crippen LogP) is 3.46. The summed E-state index contributed by atoms with van der Waals surface area (Å²) in [6, 6.07) is 10.8. The normalized spacial score (nSPS) is 11.9. The number of carbonyl (C=O) groups is 2. The Morgan fingerprint density at radius 3 is 2.25 bits per heavy atom. The summed E-state index contributed by atoms with van der Waals surface area (Å²) in [7, 11) is -0.960. The van der Waals surface area contributed by atoms with Crippen molar-refractivity contribution in [3.8, 4) is 11.5 Å². The van der Waals surface area contributed by atoms with Crippen molar-refractivity contribution in [3.63, 3.8) is 0 Å². The standard InChI is InChI=1S/C25H34ClN3O6S/c1-6-14-27-25(31)21(7-2)28(16-18-8-11-20(34-3)12-9-18)24(30)17-29(36(5,32)33)22-15-19(26)10-13-23(22)35-4/h8-13,15,21H,6-7,14,16-17H2,1-5H3,(H,27,31)/t21-/m0/s1. The van der Waals surface area contributed by atoms with Crippen LogP contribution in [0.1, 0.15) is 32.3 Å². The van der Waals surface area contributed by atoms with Crippen LogP contribution in [0.4, 0.5) is 5.69 Å². The third-order valence-electron chi connectivity index (χ3n) is 5.54. The summed E-state index contributed by atoms with van der Waals surface area (Å²) >= 11 is 6.13. The number of nitrogens with zero attached hydrogens (tertiary/aromatic N) is 2. The molecule has 11 heteroatoms. The van der Waals surface area contributed by atoms with E-state index in [-0.39, 0.29) is 28.9 Å². The van der Waals surface area contributed by atoms with Crippen LogP contribution in [0.15, 0.2) is 42.5 Å². The summed E-state index contributed by atoms with van der Waals surface area (Å²) in [5, 5.41) is 3.13. The smallest absolute Gasteiger partial charge is 0.244 e. The number of sulfonamides is 1. The lowest BCUT2D eigenvalue weighted by molar-refractivity contribution is -0.140. The van der Waals surface area contributed by atoms with Gasteiger partial charge in [-0.05, 0) is 48.7 Å². The monoisotopic (exact) mass is 539 g/mol.